The number of hydrogen-bond donors (Lipinski definition) is 1. The summed E-state index contributed by atoms with van der Waals surface area (Å²) in [5, 5.41) is 3.63. The summed E-state index contributed by atoms with van der Waals surface area (Å²) in [4.78, 5) is 31.0. The summed E-state index contributed by atoms with van der Waals surface area (Å²) < 4.78 is 3.32. The van der Waals surface area contributed by atoms with E-state index in [1.807, 2.05) is 68.4 Å². The Hall–Kier alpha value is -3.90. The molecule has 0 bridgehead atoms. The minimum Gasteiger partial charge on any atom is -0.324 e. The van der Waals surface area contributed by atoms with Crippen LogP contribution in [-0.4, -0.2) is 19.9 Å². The quantitative estimate of drug-likeness (QED) is 0.403. The molecule has 0 aliphatic heterocycles. The van der Waals surface area contributed by atoms with Gasteiger partial charge in [0.15, 0.2) is 0 Å². The van der Waals surface area contributed by atoms with Crippen molar-refractivity contribution in [2.24, 2.45) is 0 Å². The molecule has 33 heavy (non-hydrogen) atoms. The molecule has 0 atom stereocenters. The van der Waals surface area contributed by atoms with Crippen molar-refractivity contribution in [3.05, 3.63) is 99.3 Å². The Morgan fingerprint density at radius 3 is 2.30 bits per heavy atom. The highest BCUT2D eigenvalue weighted by Crippen LogP contribution is 2.24. The maximum Gasteiger partial charge on any atom is 0.260 e. The van der Waals surface area contributed by atoms with Crippen molar-refractivity contribution in [3.63, 3.8) is 0 Å². The molecular weight excluding hydrogens is 436 g/mol. The number of amides is 1. The molecule has 2 aromatic heterocycles. The second-order valence-electron chi connectivity index (χ2n) is 8.01. The van der Waals surface area contributed by atoms with Crippen LogP contribution in [0.1, 0.15) is 11.1 Å². The van der Waals surface area contributed by atoms with Crippen molar-refractivity contribution in [1.82, 2.24) is 14.0 Å². The first-order chi connectivity index (χ1) is 15.9. The highest BCUT2D eigenvalue weighted by atomic mass is 35.5. The summed E-state index contributed by atoms with van der Waals surface area (Å²) in [5.74, 6) is 0.215. The molecule has 1 amide bonds. The molecule has 0 spiro atoms. The maximum absolute atomic E-state index is 13.1. The van der Waals surface area contributed by atoms with Crippen LogP contribution in [0.15, 0.2) is 77.6 Å². The molecule has 0 saturated heterocycles. The van der Waals surface area contributed by atoms with Crippen LogP contribution in [-0.2, 0) is 11.3 Å². The normalized spacial score (nSPS) is 11.2. The fourth-order valence-electron chi connectivity index (χ4n) is 4.13. The number of carbonyl (C=O) groups is 1. The van der Waals surface area contributed by atoms with Crippen LogP contribution in [0.25, 0.3) is 28.1 Å². The SMILES string of the molecule is Cc1cccc(C)c1NC(=O)Cn1c2ccccc2n2c(=O)cc(-c3ccc(Cl)cc3)nc12. The van der Waals surface area contributed by atoms with Gasteiger partial charge < -0.3 is 9.88 Å². The Bertz CT molecular complexity index is 1560. The first-order valence-electron chi connectivity index (χ1n) is 10.6. The number of nitrogens with one attached hydrogen (secondary N) is 1. The van der Waals surface area contributed by atoms with Gasteiger partial charge in [-0.25, -0.2) is 9.38 Å². The van der Waals surface area contributed by atoms with Crippen molar-refractivity contribution >= 4 is 40.0 Å². The van der Waals surface area contributed by atoms with Crippen LogP contribution in [0.2, 0.25) is 5.02 Å². The Morgan fingerprint density at radius 1 is 0.939 bits per heavy atom. The molecule has 0 aliphatic carbocycles. The van der Waals surface area contributed by atoms with E-state index in [4.69, 9.17) is 16.6 Å². The van der Waals surface area contributed by atoms with E-state index < -0.39 is 0 Å². The average Bonchev–Trinajstić information content (AvgIpc) is 3.11. The largest absolute Gasteiger partial charge is 0.324 e. The molecule has 2 heterocycles. The summed E-state index contributed by atoms with van der Waals surface area (Å²) in [5.41, 5.74) is 5.33. The second-order valence-corrected chi connectivity index (χ2v) is 8.45. The fourth-order valence-corrected chi connectivity index (χ4v) is 4.25. The second kappa shape index (κ2) is 8.22. The lowest BCUT2D eigenvalue weighted by Gasteiger charge is -2.12. The van der Waals surface area contributed by atoms with E-state index in [1.165, 1.54) is 6.07 Å². The topological polar surface area (TPSA) is 68.4 Å². The molecule has 0 saturated carbocycles. The number of carbonyl (C=O) groups excluding carboxylic acids is 1. The smallest absolute Gasteiger partial charge is 0.260 e. The molecule has 0 unspecified atom stereocenters. The predicted octanol–water partition coefficient (Wildman–Crippen LogP) is 5.23. The summed E-state index contributed by atoms with van der Waals surface area (Å²) >= 11 is 6.02. The zero-order valence-corrected chi connectivity index (χ0v) is 18.9. The number of hydrogen-bond acceptors (Lipinski definition) is 3. The van der Waals surface area contributed by atoms with Gasteiger partial charge >= 0.3 is 0 Å². The predicted molar refractivity (Wildman–Crippen MR) is 132 cm³/mol. The van der Waals surface area contributed by atoms with Gasteiger partial charge in [0.1, 0.15) is 6.54 Å². The number of para-hydroxylation sites is 3. The van der Waals surface area contributed by atoms with E-state index in [0.29, 0.717) is 22.0 Å². The van der Waals surface area contributed by atoms with Crippen LogP contribution in [0, 0.1) is 13.8 Å². The molecule has 3 aromatic carbocycles. The molecule has 7 heteroatoms. The van der Waals surface area contributed by atoms with Gasteiger partial charge in [-0.05, 0) is 49.2 Å². The number of halogens is 1. The van der Waals surface area contributed by atoms with Crippen LogP contribution in [0.3, 0.4) is 0 Å². The Kier molecular flexibility index (Phi) is 5.23. The van der Waals surface area contributed by atoms with E-state index in [9.17, 15) is 9.59 Å². The highest BCUT2D eigenvalue weighted by Gasteiger charge is 2.18. The van der Waals surface area contributed by atoms with Crippen molar-refractivity contribution in [2.75, 3.05) is 5.32 Å². The van der Waals surface area contributed by atoms with Gasteiger partial charge in [0.05, 0.1) is 16.7 Å². The summed E-state index contributed by atoms with van der Waals surface area (Å²) in [6.45, 7) is 3.94. The molecular formula is C26H21ClN4O2. The standard InChI is InChI=1S/C26H21ClN4O2/c1-16-6-5-7-17(2)25(16)29-23(32)15-30-21-8-3-4-9-22(21)31-24(33)14-20(28-26(30)31)18-10-12-19(27)13-11-18/h3-14H,15H2,1-2H3,(H,29,32). The molecule has 6 nitrogen and oxygen atoms in total. The van der Waals surface area contributed by atoms with Crippen molar-refractivity contribution in [2.45, 2.75) is 20.4 Å². The van der Waals surface area contributed by atoms with Crippen molar-refractivity contribution in [3.8, 4) is 11.3 Å². The monoisotopic (exact) mass is 456 g/mol. The number of anilines is 1. The molecule has 0 aliphatic rings. The minimum atomic E-state index is -0.213. The molecule has 0 radical (unpaired) electrons. The van der Waals surface area contributed by atoms with Crippen LogP contribution >= 0.6 is 11.6 Å². The van der Waals surface area contributed by atoms with Gasteiger partial charge in [0.2, 0.25) is 11.7 Å². The van der Waals surface area contributed by atoms with E-state index in [-0.39, 0.29) is 18.0 Å². The number of aryl methyl sites for hydroxylation is 2. The molecule has 5 aromatic rings. The van der Waals surface area contributed by atoms with Gasteiger partial charge in [-0.15, -0.1) is 0 Å². The lowest BCUT2D eigenvalue weighted by Crippen LogP contribution is -2.21. The average molecular weight is 457 g/mol. The third-order valence-electron chi connectivity index (χ3n) is 5.74. The van der Waals surface area contributed by atoms with Crippen molar-refractivity contribution < 1.29 is 4.79 Å². The highest BCUT2D eigenvalue weighted by molar-refractivity contribution is 6.30. The molecule has 0 fully saturated rings. The number of fused-ring (bicyclic) bond motifs is 3. The van der Waals surface area contributed by atoms with E-state index in [0.717, 1.165) is 27.9 Å². The summed E-state index contributed by atoms with van der Waals surface area (Å²) in [7, 11) is 0. The number of benzene rings is 3. The summed E-state index contributed by atoms with van der Waals surface area (Å²) in [6, 6.07) is 22.0. The first-order valence-corrected chi connectivity index (χ1v) is 10.9. The Labute approximate surface area is 195 Å². The number of nitrogens with zero attached hydrogens (tertiary/aromatic N) is 3. The van der Waals surface area contributed by atoms with Gasteiger partial charge in [0.25, 0.3) is 5.56 Å². The van der Waals surface area contributed by atoms with Crippen LogP contribution in [0.4, 0.5) is 5.69 Å². The number of rotatable bonds is 4. The van der Waals surface area contributed by atoms with Gasteiger partial charge in [-0.1, -0.05) is 54.1 Å². The molecule has 164 valence electrons. The van der Waals surface area contributed by atoms with Gasteiger partial charge in [-0.2, -0.15) is 0 Å². The molecule has 1 N–H and O–H groups in total. The first kappa shape index (κ1) is 21.0. The Balaban J connectivity index is 1.64. The zero-order valence-electron chi connectivity index (χ0n) is 18.2. The minimum absolute atomic E-state index is 0.0152. The van der Waals surface area contributed by atoms with E-state index in [1.54, 1.807) is 21.1 Å². The number of aromatic nitrogens is 3. The lowest BCUT2D eigenvalue weighted by molar-refractivity contribution is -0.116. The third kappa shape index (κ3) is 3.79. The van der Waals surface area contributed by atoms with Crippen LogP contribution in [0.5, 0.6) is 0 Å². The summed E-state index contributed by atoms with van der Waals surface area (Å²) in [6.07, 6.45) is 0. The van der Waals surface area contributed by atoms with Gasteiger partial charge in [0, 0.05) is 22.3 Å². The van der Waals surface area contributed by atoms with Gasteiger partial charge in [-0.3, -0.25) is 9.59 Å². The zero-order chi connectivity index (χ0) is 23.1. The fraction of sp³-hybridized carbons (Fsp3) is 0.115. The van der Waals surface area contributed by atoms with E-state index >= 15 is 0 Å². The van der Waals surface area contributed by atoms with E-state index in [2.05, 4.69) is 5.32 Å². The Morgan fingerprint density at radius 2 is 1.61 bits per heavy atom. The lowest BCUT2D eigenvalue weighted by atomic mass is 10.1. The molecule has 5 rings (SSSR count). The third-order valence-corrected chi connectivity index (χ3v) is 6.00. The van der Waals surface area contributed by atoms with Crippen LogP contribution < -0.4 is 10.9 Å². The maximum atomic E-state index is 13.1. The number of imidazole rings is 1. The van der Waals surface area contributed by atoms with Crippen molar-refractivity contribution in [1.29, 1.82) is 0 Å².